The summed E-state index contributed by atoms with van der Waals surface area (Å²) in [7, 11) is 0. The molecule has 2 rings (SSSR count). The van der Waals surface area contributed by atoms with E-state index in [1.54, 1.807) is 6.20 Å². The summed E-state index contributed by atoms with van der Waals surface area (Å²) in [6.45, 7) is 1.92. The van der Waals surface area contributed by atoms with Crippen LogP contribution in [0.3, 0.4) is 0 Å². The number of furan rings is 1. The number of aryl methyl sites for hydroxylation is 1. The van der Waals surface area contributed by atoms with Crippen LogP contribution in [0.25, 0.3) is 11.0 Å². The van der Waals surface area contributed by atoms with E-state index in [-0.39, 0.29) is 0 Å². The van der Waals surface area contributed by atoms with Crippen LogP contribution in [0, 0.1) is 6.92 Å². The minimum Gasteiger partial charge on any atom is -0.461 e. The van der Waals surface area contributed by atoms with Gasteiger partial charge >= 0.3 is 0 Å². The van der Waals surface area contributed by atoms with Gasteiger partial charge in [-0.2, -0.15) is 0 Å². The van der Waals surface area contributed by atoms with Crippen LogP contribution in [0.1, 0.15) is 5.76 Å². The highest BCUT2D eigenvalue weighted by atomic mass is 16.3. The molecule has 0 saturated carbocycles. The van der Waals surface area contributed by atoms with Crippen molar-refractivity contribution in [2.24, 2.45) is 0 Å². The normalized spacial score (nSPS) is 10.6. The van der Waals surface area contributed by atoms with Crippen LogP contribution in [0.4, 0.5) is 0 Å². The van der Waals surface area contributed by atoms with E-state index in [2.05, 4.69) is 0 Å². The predicted molar refractivity (Wildman–Crippen MR) is 41.3 cm³/mol. The zero-order chi connectivity index (χ0) is 7.84. The van der Waals surface area contributed by atoms with E-state index in [0.29, 0.717) is 0 Å². The first-order chi connectivity index (χ1) is 5.25. The molecule has 0 radical (unpaired) electrons. The molecule has 3 heteroatoms. The fourth-order valence-electron chi connectivity index (χ4n) is 1.14. The van der Waals surface area contributed by atoms with Gasteiger partial charge in [-0.1, -0.05) is 4.68 Å². The Morgan fingerprint density at radius 2 is 2.36 bits per heavy atom. The molecular weight excluding hydrogens is 140 g/mol. The third kappa shape index (κ3) is 0.941. The molecule has 2 N–H and O–H groups in total. The molecule has 0 aliphatic carbocycles. The summed E-state index contributed by atoms with van der Waals surface area (Å²) in [5.41, 5.74) is 0.879. The smallest absolute Gasteiger partial charge is 0.210 e. The molecule has 0 aliphatic heterocycles. The van der Waals surface area contributed by atoms with Crippen molar-refractivity contribution in [3.63, 3.8) is 0 Å². The summed E-state index contributed by atoms with van der Waals surface area (Å²) in [5.74, 6) is 6.42. The molecule has 2 aromatic heterocycles. The van der Waals surface area contributed by atoms with Gasteiger partial charge in [-0.15, -0.1) is 0 Å². The van der Waals surface area contributed by atoms with Crippen molar-refractivity contribution < 1.29 is 9.09 Å². The van der Waals surface area contributed by atoms with Gasteiger partial charge in [-0.05, 0) is 13.0 Å². The van der Waals surface area contributed by atoms with Gasteiger partial charge in [-0.3, -0.25) is 0 Å². The van der Waals surface area contributed by atoms with Crippen molar-refractivity contribution in [2.75, 3.05) is 5.84 Å². The van der Waals surface area contributed by atoms with Crippen molar-refractivity contribution in [1.82, 2.24) is 0 Å². The van der Waals surface area contributed by atoms with Gasteiger partial charge in [0.1, 0.15) is 11.3 Å². The van der Waals surface area contributed by atoms with E-state index in [1.165, 1.54) is 4.68 Å². The first kappa shape index (κ1) is 6.22. The minimum atomic E-state index is 0.879. The molecule has 11 heavy (non-hydrogen) atoms. The summed E-state index contributed by atoms with van der Waals surface area (Å²) in [6, 6.07) is 3.81. The molecule has 0 spiro atoms. The molecule has 3 nitrogen and oxygen atoms in total. The van der Waals surface area contributed by atoms with E-state index in [4.69, 9.17) is 10.3 Å². The molecule has 0 saturated heterocycles. The lowest BCUT2D eigenvalue weighted by atomic mass is 10.3. The number of nitrogen functional groups attached to an aromatic ring is 1. The molecule has 0 unspecified atom stereocenters. The first-order valence-electron chi connectivity index (χ1n) is 3.42. The van der Waals surface area contributed by atoms with Crippen LogP contribution < -0.4 is 10.5 Å². The van der Waals surface area contributed by atoms with Gasteiger partial charge < -0.3 is 4.42 Å². The Morgan fingerprint density at radius 1 is 1.55 bits per heavy atom. The third-order valence-electron chi connectivity index (χ3n) is 1.60. The van der Waals surface area contributed by atoms with Crippen LogP contribution in [-0.2, 0) is 0 Å². The first-order valence-corrected chi connectivity index (χ1v) is 3.42. The van der Waals surface area contributed by atoms with Crippen molar-refractivity contribution in [3.8, 4) is 0 Å². The Bertz CT molecular complexity index is 392. The standard InChI is InChI=1S/C8H9N2O/c1-6-4-7-5-10(9)3-2-8(7)11-6/h2-5H,9H2,1H3/q+1. The van der Waals surface area contributed by atoms with E-state index in [9.17, 15) is 0 Å². The molecule has 0 amide bonds. The number of fused-ring (bicyclic) bond motifs is 1. The number of hydrogen-bond donors (Lipinski definition) is 1. The average Bonchev–Trinajstić information content (AvgIpc) is 2.27. The summed E-state index contributed by atoms with van der Waals surface area (Å²) in [4.78, 5) is 0. The van der Waals surface area contributed by atoms with Crippen LogP contribution in [0.15, 0.2) is 28.9 Å². The second-order valence-corrected chi connectivity index (χ2v) is 2.57. The van der Waals surface area contributed by atoms with Crippen molar-refractivity contribution in [2.45, 2.75) is 6.92 Å². The Labute approximate surface area is 64.0 Å². The van der Waals surface area contributed by atoms with Gasteiger partial charge in [0.15, 0.2) is 0 Å². The summed E-state index contributed by atoms with van der Waals surface area (Å²) >= 11 is 0. The molecular formula is C8H9N2O+. The predicted octanol–water partition coefficient (Wildman–Crippen LogP) is 0.743. The van der Waals surface area contributed by atoms with Crippen molar-refractivity contribution in [3.05, 3.63) is 30.3 Å². The number of nitrogens with two attached hydrogens (primary N) is 1. The molecule has 56 valence electrons. The van der Waals surface area contributed by atoms with Crippen LogP contribution in [0.5, 0.6) is 0 Å². The maximum atomic E-state index is 5.51. The average molecular weight is 149 g/mol. The number of aromatic nitrogens is 1. The quantitative estimate of drug-likeness (QED) is 0.443. The van der Waals surface area contributed by atoms with Gasteiger partial charge in [0, 0.05) is 6.07 Å². The van der Waals surface area contributed by atoms with Crippen LogP contribution in [-0.4, -0.2) is 0 Å². The monoisotopic (exact) mass is 149 g/mol. The highest BCUT2D eigenvalue weighted by Crippen LogP contribution is 2.15. The second-order valence-electron chi connectivity index (χ2n) is 2.57. The number of nitrogens with zero attached hydrogens (tertiary/aromatic N) is 1. The molecule has 0 fully saturated rings. The van der Waals surface area contributed by atoms with Gasteiger partial charge in [0.2, 0.25) is 12.4 Å². The highest BCUT2D eigenvalue weighted by Gasteiger charge is 2.03. The summed E-state index contributed by atoms with van der Waals surface area (Å²) in [5, 5.41) is 1.03. The molecule has 2 aromatic rings. The molecule has 0 aliphatic rings. The third-order valence-corrected chi connectivity index (χ3v) is 1.60. The zero-order valence-electron chi connectivity index (χ0n) is 6.24. The van der Waals surface area contributed by atoms with Crippen molar-refractivity contribution in [1.29, 1.82) is 0 Å². The number of pyridine rings is 1. The largest absolute Gasteiger partial charge is 0.461 e. The van der Waals surface area contributed by atoms with Crippen LogP contribution >= 0.6 is 0 Å². The Hall–Kier alpha value is -1.51. The fourth-order valence-corrected chi connectivity index (χ4v) is 1.14. The molecule has 0 aromatic carbocycles. The highest BCUT2D eigenvalue weighted by molar-refractivity contribution is 5.75. The Morgan fingerprint density at radius 3 is 3.18 bits per heavy atom. The lowest BCUT2D eigenvalue weighted by molar-refractivity contribution is -0.637. The summed E-state index contributed by atoms with van der Waals surface area (Å²) < 4.78 is 6.87. The van der Waals surface area contributed by atoms with Gasteiger partial charge in [-0.25, -0.2) is 5.84 Å². The fraction of sp³-hybridized carbons (Fsp3) is 0.125. The van der Waals surface area contributed by atoms with Gasteiger partial charge in [0.25, 0.3) is 0 Å². The Balaban J connectivity index is 2.82. The number of rotatable bonds is 0. The van der Waals surface area contributed by atoms with E-state index >= 15 is 0 Å². The van der Waals surface area contributed by atoms with E-state index in [0.717, 1.165) is 16.7 Å². The summed E-state index contributed by atoms with van der Waals surface area (Å²) in [6.07, 6.45) is 3.58. The maximum absolute atomic E-state index is 5.51. The Kier molecular flexibility index (Phi) is 1.12. The van der Waals surface area contributed by atoms with Crippen molar-refractivity contribution >= 4 is 11.0 Å². The lowest BCUT2D eigenvalue weighted by Gasteiger charge is -1.83. The molecule has 0 bridgehead atoms. The SMILES string of the molecule is Cc1cc2c[n+](N)ccc2o1. The van der Waals surface area contributed by atoms with E-state index in [1.807, 2.05) is 25.3 Å². The maximum Gasteiger partial charge on any atom is 0.210 e. The topological polar surface area (TPSA) is 43.0 Å². The lowest BCUT2D eigenvalue weighted by Crippen LogP contribution is -2.43. The molecule has 0 atom stereocenters. The minimum absolute atomic E-state index is 0.879. The second kappa shape index (κ2) is 1.99. The molecule has 2 heterocycles. The van der Waals surface area contributed by atoms with Crippen LogP contribution in [0.2, 0.25) is 0 Å². The number of hydrogen-bond acceptors (Lipinski definition) is 2. The van der Waals surface area contributed by atoms with E-state index < -0.39 is 0 Å². The van der Waals surface area contributed by atoms with Gasteiger partial charge in [0.05, 0.1) is 5.39 Å². The zero-order valence-corrected chi connectivity index (χ0v) is 6.24.